The van der Waals surface area contributed by atoms with Gasteiger partial charge in [-0.3, -0.25) is 19.4 Å². The molecule has 0 fully saturated rings. The molecule has 2 aromatic carbocycles. The van der Waals surface area contributed by atoms with Gasteiger partial charge in [0.15, 0.2) is 0 Å². The van der Waals surface area contributed by atoms with E-state index in [1.807, 2.05) is 76.2 Å². The number of hydrogen-bond donors (Lipinski definition) is 2. The van der Waals surface area contributed by atoms with Gasteiger partial charge in [0, 0.05) is 30.1 Å². The number of aromatic nitrogens is 2. The second kappa shape index (κ2) is 11.1. The molecule has 0 bridgehead atoms. The van der Waals surface area contributed by atoms with Crippen molar-refractivity contribution in [1.29, 1.82) is 0 Å². The van der Waals surface area contributed by atoms with E-state index in [-0.39, 0.29) is 24.1 Å². The number of nitrogens with one attached hydrogen (secondary N) is 2. The van der Waals surface area contributed by atoms with Crippen LogP contribution in [0.15, 0.2) is 79.1 Å². The van der Waals surface area contributed by atoms with Crippen LogP contribution >= 0.6 is 0 Å². The molecule has 8 heteroatoms. The van der Waals surface area contributed by atoms with E-state index in [0.29, 0.717) is 28.3 Å². The molecule has 1 aliphatic rings. The SMILES string of the molecule is Cc1ccc(NC(=O)c2ccc(C(C)N3C(=O)c4ccc(C)cc4NC(=O)[C@H]3Cc3ccccn3)cc2C)nc1. The number of aryl methyl sites for hydroxylation is 3. The molecule has 0 spiro atoms. The van der Waals surface area contributed by atoms with Crippen molar-refractivity contribution in [1.82, 2.24) is 14.9 Å². The average Bonchev–Trinajstić information content (AvgIpc) is 3.03. The van der Waals surface area contributed by atoms with Gasteiger partial charge in [0.05, 0.1) is 17.3 Å². The van der Waals surface area contributed by atoms with Crippen LogP contribution in [0.5, 0.6) is 0 Å². The third-order valence-corrected chi connectivity index (χ3v) is 7.21. The molecule has 3 amide bonds. The number of anilines is 2. The van der Waals surface area contributed by atoms with E-state index in [1.54, 1.807) is 35.5 Å². The number of carbonyl (C=O) groups is 3. The second-order valence-corrected chi connectivity index (χ2v) is 10.2. The van der Waals surface area contributed by atoms with Gasteiger partial charge in [0.25, 0.3) is 11.8 Å². The van der Waals surface area contributed by atoms with E-state index in [0.717, 1.165) is 22.3 Å². The predicted octanol–water partition coefficient (Wildman–Crippen LogP) is 5.42. The van der Waals surface area contributed by atoms with Gasteiger partial charge in [0.1, 0.15) is 11.9 Å². The minimum Gasteiger partial charge on any atom is -0.324 e. The van der Waals surface area contributed by atoms with Crippen molar-refractivity contribution in [2.45, 2.75) is 46.2 Å². The second-order valence-electron chi connectivity index (χ2n) is 10.2. The maximum Gasteiger partial charge on any atom is 0.257 e. The number of rotatable bonds is 6. The Morgan fingerprint density at radius 2 is 1.77 bits per heavy atom. The van der Waals surface area contributed by atoms with Gasteiger partial charge in [-0.1, -0.05) is 30.3 Å². The van der Waals surface area contributed by atoms with Crippen LogP contribution in [0, 0.1) is 20.8 Å². The fourth-order valence-electron chi connectivity index (χ4n) is 5.01. The third-order valence-electron chi connectivity index (χ3n) is 7.21. The molecule has 3 heterocycles. The molecule has 5 rings (SSSR count). The van der Waals surface area contributed by atoms with Crippen molar-refractivity contribution in [2.24, 2.45) is 0 Å². The minimum atomic E-state index is -0.791. The highest BCUT2D eigenvalue weighted by Crippen LogP contribution is 2.33. The molecule has 1 aliphatic heterocycles. The van der Waals surface area contributed by atoms with Crippen LogP contribution in [-0.4, -0.2) is 38.6 Å². The Labute approximate surface area is 233 Å². The zero-order valence-corrected chi connectivity index (χ0v) is 22.9. The fraction of sp³-hybridized carbons (Fsp3) is 0.219. The van der Waals surface area contributed by atoms with Crippen LogP contribution in [-0.2, 0) is 11.2 Å². The van der Waals surface area contributed by atoms with Crippen LogP contribution in [0.25, 0.3) is 0 Å². The van der Waals surface area contributed by atoms with Gasteiger partial charge in [0.2, 0.25) is 5.91 Å². The summed E-state index contributed by atoms with van der Waals surface area (Å²) >= 11 is 0. The number of carbonyl (C=O) groups excluding carboxylic acids is 3. The Morgan fingerprint density at radius 1 is 0.975 bits per heavy atom. The smallest absolute Gasteiger partial charge is 0.257 e. The van der Waals surface area contributed by atoms with Crippen molar-refractivity contribution in [3.8, 4) is 0 Å². The lowest BCUT2D eigenvalue weighted by atomic mass is 9.97. The lowest BCUT2D eigenvalue weighted by Crippen LogP contribution is -2.48. The zero-order chi connectivity index (χ0) is 28.4. The molecule has 2 aromatic heterocycles. The quantitative estimate of drug-likeness (QED) is 0.344. The summed E-state index contributed by atoms with van der Waals surface area (Å²) in [5.41, 5.74) is 5.66. The normalized spacial score (nSPS) is 15.6. The van der Waals surface area contributed by atoms with Gasteiger partial charge in [-0.15, -0.1) is 0 Å². The predicted molar refractivity (Wildman–Crippen MR) is 154 cm³/mol. The maximum atomic E-state index is 14.0. The van der Waals surface area contributed by atoms with Crippen LogP contribution in [0.3, 0.4) is 0 Å². The molecule has 1 unspecified atom stereocenters. The summed E-state index contributed by atoms with van der Waals surface area (Å²) in [6.45, 7) is 7.61. The molecular weight excluding hydrogens is 502 g/mol. The molecule has 202 valence electrons. The Balaban J connectivity index is 1.48. The summed E-state index contributed by atoms with van der Waals surface area (Å²) in [7, 11) is 0. The molecule has 0 radical (unpaired) electrons. The van der Waals surface area contributed by atoms with Crippen LogP contribution in [0.2, 0.25) is 0 Å². The Hall–Kier alpha value is -4.85. The first-order valence-electron chi connectivity index (χ1n) is 13.2. The van der Waals surface area contributed by atoms with Crippen molar-refractivity contribution in [2.75, 3.05) is 10.6 Å². The molecule has 40 heavy (non-hydrogen) atoms. The molecular formula is C32H31N5O3. The lowest BCUT2D eigenvalue weighted by Gasteiger charge is -2.34. The first kappa shape index (κ1) is 26.7. The highest BCUT2D eigenvalue weighted by molar-refractivity contribution is 6.10. The van der Waals surface area contributed by atoms with Crippen LogP contribution in [0.1, 0.15) is 61.6 Å². The van der Waals surface area contributed by atoms with Crippen LogP contribution in [0.4, 0.5) is 11.5 Å². The number of hydrogen-bond acceptors (Lipinski definition) is 5. The Morgan fingerprint density at radius 3 is 2.48 bits per heavy atom. The van der Waals surface area contributed by atoms with Crippen molar-refractivity contribution in [3.05, 3.63) is 118 Å². The van der Waals surface area contributed by atoms with E-state index in [1.165, 1.54) is 0 Å². The maximum absolute atomic E-state index is 14.0. The summed E-state index contributed by atoms with van der Waals surface area (Å²) in [4.78, 5) is 50.9. The zero-order valence-electron chi connectivity index (χ0n) is 22.9. The van der Waals surface area contributed by atoms with E-state index in [4.69, 9.17) is 0 Å². The van der Waals surface area contributed by atoms with E-state index in [9.17, 15) is 14.4 Å². The number of fused-ring (bicyclic) bond motifs is 1. The first-order chi connectivity index (χ1) is 19.2. The van der Waals surface area contributed by atoms with E-state index in [2.05, 4.69) is 20.6 Å². The summed E-state index contributed by atoms with van der Waals surface area (Å²) in [5.74, 6) is -0.310. The van der Waals surface area contributed by atoms with Crippen LogP contribution < -0.4 is 10.6 Å². The molecule has 0 saturated heterocycles. The molecule has 0 saturated carbocycles. The summed E-state index contributed by atoms with van der Waals surface area (Å²) in [5, 5.41) is 5.81. The number of nitrogens with zero attached hydrogens (tertiary/aromatic N) is 3. The third kappa shape index (κ3) is 5.47. The number of benzene rings is 2. The standard InChI is InChI=1S/C32H31N5O3/c1-19-8-11-26-27(15-19)35-31(39)28(17-24-7-5-6-14-33-24)37(32(26)40)22(4)23-10-12-25(21(3)16-23)30(38)36-29-13-9-20(2)18-34-29/h5-16,18,22,28H,17H2,1-4H3,(H,35,39)(H,34,36,38)/t22?,28-/m1/s1. The summed E-state index contributed by atoms with van der Waals surface area (Å²) < 4.78 is 0. The Bertz CT molecular complexity index is 1580. The Kier molecular flexibility index (Phi) is 7.42. The summed E-state index contributed by atoms with van der Waals surface area (Å²) in [6.07, 6.45) is 3.64. The van der Waals surface area contributed by atoms with Crippen molar-refractivity contribution >= 4 is 29.2 Å². The molecule has 8 nitrogen and oxygen atoms in total. The van der Waals surface area contributed by atoms with E-state index < -0.39 is 12.1 Å². The number of pyridine rings is 2. The number of amides is 3. The lowest BCUT2D eigenvalue weighted by molar-refractivity contribution is -0.121. The molecule has 4 aromatic rings. The highest BCUT2D eigenvalue weighted by Gasteiger charge is 2.39. The average molecular weight is 534 g/mol. The largest absolute Gasteiger partial charge is 0.324 e. The van der Waals surface area contributed by atoms with Gasteiger partial charge in [-0.2, -0.15) is 0 Å². The fourth-order valence-corrected chi connectivity index (χ4v) is 5.01. The van der Waals surface area contributed by atoms with Gasteiger partial charge in [-0.05, 0) is 86.3 Å². The first-order valence-corrected chi connectivity index (χ1v) is 13.2. The topological polar surface area (TPSA) is 104 Å². The highest BCUT2D eigenvalue weighted by atomic mass is 16.2. The monoisotopic (exact) mass is 533 g/mol. The van der Waals surface area contributed by atoms with Gasteiger partial charge in [-0.25, -0.2) is 4.98 Å². The molecule has 0 aliphatic carbocycles. The van der Waals surface area contributed by atoms with Gasteiger partial charge >= 0.3 is 0 Å². The minimum absolute atomic E-state index is 0.244. The molecule has 2 atom stereocenters. The van der Waals surface area contributed by atoms with Crippen molar-refractivity contribution < 1.29 is 14.4 Å². The molecule has 2 N–H and O–H groups in total. The van der Waals surface area contributed by atoms with E-state index >= 15 is 0 Å². The van der Waals surface area contributed by atoms with Gasteiger partial charge < -0.3 is 15.5 Å². The van der Waals surface area contributed by atoms with Crippen molar-refractivity contribution in [3.63, 3.8) is 0 Å². The summed E-state index contributed by atoms with van der Waals surface area (Å²) in [6, 6.07) is 18.8.